The molecule has 1 atom stereocenters. The highest BCUT2D eigenvalue weighted by Gasteiger charge is 2.17. The fourth-order valence-electron chi connectivity index (χ4n) is 1.98. The zero-order valence-corrected chi connectivity index (χ0v) is 9.53. The number of rotatable bonds is 3. The number of aromatic nitrogens is 1. The average molecular weight is 233 g/mol. The van der Waals surface area contributed by atoms with Gasteiger partial charge >= 0.3 is 5.97 Å². The monoisotopic (exact) mass is 233 g/mol. The number of carboxylic acids is 1. The van der Waals surface area contributed by atoms with Crippen LogP contribution in [-0.4, -0.2) is 22.1 Å². The molecule has 0 aliphatic rings. The van der Waals surface area contributed by atoms with E-state index in [0.717, 1.165) is 22.2 Å². The third-order valence-electron chi connectivity index (χ3n) is 2.88. The van der Waals surface area contributed by atoms with Gasteiger partial charge in [-0.15, -0.1) is 0 Å². The molecule has 1 aromatic heterocycles. The van der Waals surface area contributed by atoms with Gasteiger partial charge in [0, 0.05) is 28.7 Å². The van der Waals surface area contributed by atoms with Crippen LogP contribution in [0.1, 0.15) is 11.3 Å². The first-order valence-electron chi connectivity index (χ1n) is 5.34. The van der Waals surface area contributed by atoms with Gasteiger partial charge in [0.25, 0.3) is 0 Å². The van der Waals surface area contributed by atoms with Gasteiger partial charge in [0.05, 0.1) is 0 Å². The smallest absolute Gasteiger partial charge is 0.320 e. The van der Waals surface area contributed by atoms with Crippen molar-refractivity contribution in [2.45, 2.75) is 19.4 Å². The number of aryl methyl sites for hydroxylation is 1. The van der Waals surface area contributed by atoms with Crippen LogP contribution < -0.4 is 11.5 Å². The van der Waals surface area contributed by atoms with Crippen molar-refractivity contribution in [1.82, 2.24) is 4.98 Å². The number of carbonyl (C=O) groups is 1. The first-order valence-corrected chi connectivity index (χ1v) is 5.34. The Labute approximate surface area is 98.4 Å². The number of anilines is 1. The number of hydrogen-bond donors (Lipinski definition) is 4. The Kier molecular flexibility index (Phi) is 2.77. The van der Waals surface area contributed by atoms with E-state index < -0.39 is 12.0 Å². The van der Waals surface area contributed by atoms with E-state index in [1.807, 2.05) is 19.1 Å². The predicted octanol–water partition coefficient (Wildman–Crippen LogP) is 1.01. The predicted molar refractivity (Wildman–Crippen MR) is 66.8 cm³/mol. The van der Waals surface area contributed by atoms with Gasteiger partial charge in [-0.25, -0.2) is 0 Å². The van der Waals surface area contributed by atoms with E-state index in [1.54, 1.807) is 6.07 Å². The Balaban J connectivity index is 2.46. The van der Waals surface area contributed by atoms with E-state index in [4.69, 9.17) is 16.6 Å². The topological polar surface area (TPSA) is 105 Å². The molecule has 5 heteroatoms. The summed E-state index contributed by atoms with van der Waals surface area (Å²) in [5, 5.41) is 9.81. The Morgan fingerprint density at radius 1 is 1.53 bits per heavy atom. The average Bonchev–Trinajstić information content (AvgIpc) is 2.54. The Morgan fingerprint density at radius 2 is 2.24 bits per heavy atom. The molecule has 90 valence electrons. The zero-order chi connectivity index (χ0) is 12.6. The number of fused-ring (bicyclic) bond motifs is 1. The Bertz CT molecular complexity index is 574. The summed E-state index contributed by atoms with van der Waals surface area (Å²) in [6.07, 6.45) is 0.311. The number of hydrogen-bond acceptors (Lipinski definition) is 3. The van der Waals surface area contributed by atoms with Crippen molar-refractivity contribution >= 4 is 22.6 Å². The Hall–Kier alpha value is -2.01. The summed E-state index contributed by atoms with van der Waals surface area (Å²) in [5.74, 6) is -0.991. The summed E-state index contributed by atoms with van der Waals surface area (Å²) in [4.78, 5) is 14.0. The molecule has 6 N–H and O–H groups in total. The minimum Gasteiger partial charge on any atom is -0.480 e. The largest absolute Gasteiger partial charge is 0.480 e. The van der Waals surface area contributed by atoms with Crippen molar-refractivity contribution in [3.05, 3.63) is 29.5 Å². The first-order chi connectivity index (χ1) is 7.99. The fourth-order valence-corrected chi connectivity index (χ4v) is 1.98. The molecule has 0 spiro atoms. The van der Waals surface area contributed by atoms with Crippen LogP contribution in [0.25, 0.3) is 10.9 Å². The third-order valence-corrected chi connectivity index (χ3v) is 2.88. The van der Waals surface area contributed by atoms with Gasteiger partial charge in [0.15, 0.2) is 0 Å². The van der Waals surface area contributed by atoms with Gasteiger partial charge in [0.2, 0.25) is 0 Å². The number of carboxylic acid groups (broad SMARTS) is 1. The molecule has 17 heavy (non-hydrogen) atoms. The number of aromatic amines is 1. The van der Waals surface area contributed by atoms with Gasteiger partial charge in [-0.05, 0) is 24.6 Å². The van der Waals surface area contributed by atoms with Crippen LogP contribution in [0.4, 0.5) is 5.69 Å². The SMILES string of the molecule is Cc1[nH]c2cc(N)ccc2c1CC(N)C(=O)O. The highest BCUT2D eigenvalue weighted by molar-refractivity contribution is 5.88. The van der Waals surface area contributed by atoms with Crippen LogP contribution in [0.15, 0.2) is 18.2 Å². The van der Waals surface area contributed by atoms with Crippen molar-refractivity contribution in [2.24, 2.45) is 5.73 Å². The second-order valence-electron chi connectivity index (χ2n) is 4.18. The Morgan fingerprint density at radius 3 is 2.88 bits per heavy atom. The molecule has 0 amide bonds. The summed E-state index contributed by atoms with van der Waals surface area (Å²) in [6.45, 7) is 1.90. The van der Waals surface area contributed by atoms with Crippen LogP contribution in [0.2, 0.25) is 0 Å². The molecule has 5 nitrogen and oxygen atoms in total. The zero-order valence-electron chi connectivity index (χ0n) is 9.53. The van der Waals surface area contributed by atoms with Crippen LogP contribution in [0.5, 0.6) is 0 Å². The summed E-state index contributed by atoms with van der Waals surface area (Å²) in [7, 11) is 0. The highest BCUT2D eigenvalue weighted by atomic mass is 16.4. The molecule has 0 saturated carbocycles. The molecule has 0 fully saturated rings. The molecular weight excluding hydrogens is 218 g/mol. The quantitative estimate of drug-likeness (QED) is 0.594. The molecule has 0 aliphatic heterocycles. The fraction of sp³-hybridized carbons (Fsp3) is 0.250. The molecule has 1 heterocycles. The maximum atomic E-state index is 10.8. The molecular formula is C12H15N3O2. The van der Waals surface area contributed by atoms with E-state index in [1.165, 1.54) is 0 Å². The molecule has 0 bridgehead atoms. The van der Waals surface area contributed by atoms with Gasteiger partial charge in [-0.2, -0.15) is 0 Å². The van der Waals surface area contributed by atoms with Crippen LogP contribution >= 0.6 is 0 Å². The molecule has 0 aliphatic carbocycles. The van der Waals surface area contributed by atoms with E-state index in [0.29, 0.717) is 12.1 Å². The minimum atomic E-state index is -0.991. The molecule has 1 aromatic carbocycles. The van der Waals surface area contributed by atoms with E-state index in [9.17, 15) is 4.79 Å². The summed E-state index contributed by atoms with van der Waals surface area (Å²) in [6, 6.07) is 4.63. The van der Waals surface area contributed by atoms with Crippen molar-refractivity contribution in [2.75, 3.05) is 5.73 Å². The lowest BCUT2D eigenvalue weighted by Gasteiger charge is -2.06. The summed E-state index contributed by atoms with van der Waals surface area (Å²) in [5.41, 5.74) is 14.7. The van der Waals surface area contributed by atoms with Crippen molar-refractivity contribution in [1.29, 1.82) is 0 Å². The van der Waals surface area contributed by atoms with Gasteiger partial charge in [-0.3, -0.25) is 4.79 Å². The minimum absolute atomic E-state index is 0.311. The lowest BCUT2D eigenvalue weighted by molar-refractivity contribution is -0.138. The van der Waals surface area contributed by atoms with Crippen LogP contribution in [0.3, 0.4) is 0 Å². The molecule has 2 aromatic rings. The van der Waals surface area contributed by atoms with Crippen molar-refractivity contribution in [3.8, 4) is 0 Å². The number of nitrogens with two attached hydrogens (primary N) is 2. The van der Waals surface area contributed by atoms with Gasteiger partial charge in [-0.1, -0.05) is 6.07 Å². The normalized spacial score (nSPS) is 12.8. The standard InChI is InChI=1S/C12H15N3O2/c1-6-9(5-10(14)12(16)17)8-3-2-7(13)4-11(8)15-6/h2-4,10,15H,5,13-14H2,1H3,(H,16,17). The number of nitrogen functional groups attached to an aromatic ring is 1. The molecule has 1 unspecified atom stereocenters. The van der Waals surface area contributed by atoms with Gasteiger partial charge < -0.3 is 21.6 Å². The lowest BCUT2D eigenvalue weighted by atomic mass is 10.0. The lowest BCUT2D eigenvalue weighted by Crippen LogP contribution is -2.32. The van der Waals surface area contributed by atoms with Gasteiger partial charge in [0.1, 0.15) is 6.04 Å². The van der Waals surface area contributed by atoms with Crippen LogP contribution in [0, 0.1) is 6.92 Å². The molecule has 2 rings (SSSR count). The second kappa shape index (κ2) is 4.10. The molecule has 0 radical (unpaired) electrons. The number of H-pyrrole nitrogens is 1. The van der Waals surface area contributed by atoms with Crippen molar-refractivity contribution < 1.29 is 9.90 Å². The first kappa shape index (κ1) is 11.5. The maximum absolute atomic E-state index is 10.8. The van der Waals surface area contributed by atoms with Crippen LogP contribution in [-0.2, 0) is 11.2 Å². The molecule has 0 saturated heterocycles. The summed E-state index contributed by atoms with van der Waals surface area (Å²) < 4.78 is 0. The van der Waals surface area contributed by atoms with E-state index in [2.05, 4.69) is 4.98 Å². The van der Waals surface area contributed by atoms with E-state index in [-0.39, 0.29) is 0 Å². The maximum Gasteiger partial charge on any atom is 0.320 e. The van der Waals surface area contributed by atoms with E-state index >= 15 is 0 Å². The number of aliphatic carboxylic acids is 1. The summed E-state index contributed by atoms with van der Waals surface area (Å²) >= 11 is 0. The second-order valence-corrected chi connectivity index (χ2v) is 4.18. The van der Waals surface area contributed by atoms with Crippen molar-refractivity contribution in [3.63, 3.8) is 0 Å². The third kappa shape index (κ3) is 2.09. The number of benzene rings is 1. The highest BCUT2D eigenvalue weighted by Crippen LogP contribution is 2.24. The number of nitrogens with one attached hydrogen (secondary N) is 1.